The number of nitrogens with zero attached hydrogens (tertiary/aromatic N) is 2. The van der Waals surface area contributed by atoms with E-state index < -0.39 is 48.2 Å². The quantitative estimate of drug-likeness (QED) is 0.214. The molecule has 0 bridgehead atoms. The first-order valence-corrected chi connectivity index (χ1v) is 18.5. The molecule has 5 atom stereocenters. The Balaban J connectivity index is 2.05. The SMILES string of the molecule is C[C@@H](O[C@H](C)C(F)(F)F)[C@H](N[S@](=O)C(C)(C)C)c1nc2cc([C@H](N)C3CC3)ccc2n1COCC[Si](C)(C)C. The van der Waals surface area contributed by atoms with Crippen LogP contribution in [0, 0.1) is 5.92 Å². The van der Waals surface area contributed by atoms with E-state index in [1.165, 1.54) is 0 Å². The number of benzene rings is 1. The molecule has 39 heavy (non-hydrogen) atoms. The van der Waals surface area contributed by atoms with Gasteiger partial charge in [0.05, 0.1) is 32.9 Å². The fraction of sp³-hybridized carbons (Fsp3) is 0.741. The third-order valence-corrected chi connectivity index (χ3v) is 10.2. The Hall–Kier alpha value is -1.31. The normalized spacial score (nSPS) is 19.2. The van der Waals surface area contributed by atoms with Gasteiger partial charge in [0.1, 0.15) is 18.6 Å². The van der Waals surface area contributed by atoms with Gasteiger partial charge in [-0.3, -0.25) is 0 Å². The van der Waals surface area contributed by atoms with Crippen LogP contribution in [0.15, 0.2) is 18.2 Å². The molecule has 12 heteroatoms. The van der Waals surface area contributed by atoms with Crippen LogP contribution in [0.2, 0.25) is 25.7 Å². The Morgan fingerprint density at radius 3 is 2.38 bits per heavy atom. The number of nitrogens with two attached hydrogens (primary N) is 1. The zero-order valence-corrected chi connectivity index (χ0v) is 26.2. The molecule has 3 N–H and O–H groups in total. The van der Waals surface area contributed by atoms with Gasteiger partial charge >= 0.3 is 6.18 Å². The smallest absolute Gasteiger partial charge is 0.364 e. The van der Waals surface area contributed by atoms with Crippen molar-refractivity contribution in [2.45, 2.75) is 115 Å². The van der Waals surface area contributed by atoms with Gasteiger partial charge in [0, 0.05) is 20.7 Å². The number of fused-ring (bicyclic) bond motifs is 1. The zero-order chi connectivity index (χ0) is 29.3. The van der Waals surface area contributed by atoms with Crippen LogP contribution in [0.4, 0.5) is 13.2 Å². The second-order valence-electron chi connectivity index (χ2n) is 12.9. The van der Waals surface area contributed by atoms with Gasteiger partial charge in [0.2, 0.25) is 0 Å². The molecule has 0 amide bonds. The van der Waals surface area contributed by atoms with Crippen LogP contribution >= 0.6 is 0 Å². The summed E-state index contributed by atoms with van der Waals surface area (Å²) in [6.45, 7) is 15.4. The highest BCUT2D eigenvalue weighted by Gasteiger charge is 2.41. The molecular formula is C27H45F3N4O3SSi. The average Bonchev–Trinajstić information content (AvgIpc) is 3.59. The minimum atomic E-state index is -4.53. The maximum atomic E-state index is 13.4. The summed E-state index contributed by atoms with van der Waals surface area (Å²) in [7, 11) is -2.94. The first kappa shape index (κ1) is 32.2. The van der Waals surface area contributed by atoms with Crippen molar-refractivity contribution >= 4 is 30.1 Å². The van der Waals surface area contributed by atoms with Gasteiger partial charge in [-0.25, -0.2) is 13.9 Å². The molecule has 2 aromatic rings. The molecular weight excluding hydrogens is 545 g/mol. The summed E-state index contributed by atoms with van der Waals surface area (Å²) in [4.78, 5) is 4.87. The molecule has 1 aromatic carbocycles. The molecule has 0 spiro atoms. The van der Waals surface area contributed by atoms with Crippen LogP contribution in [0.3, 0.4) is 0 Å². The third-order valence-electron chi connectivity index (χ3n) is 6.95. The number of aromatic nitrogens is 2. The summed E-state index contributed by atoms with van der Waals surface area (Å²) >= 11 is 0. The Bertz CT molecular complexity index is 1140. The molecule has 1 aliphatic rings. The number of hydrogen-bond donors (Lipinski definition) is 2. The lowest BCUT2D eigenvalue weighted by Crippen LogP contribution is -2.43. The van der Waals surface area contributed by atoms with Gasteiger partial charge in [0.15, 0.2) is 6.10 Å². The highest BCUT2D eigenvalue weighted by atomic mass is 32.2. The topological polar surface area (TPSA) is 91.4 Å². The number of ether oxygens (including phenoxy) is 2. The fourth-order valence-corrected chi connectivity index (χ4v) is 5.77. The average molecular weight is 591 g/mol. The van der Waals surface area contributed by atoms with Crippen molar-refractivity contribution in [3.05, 3.63) is 29.6 Å². The van der Waals surface area contributed by atoms with Crippen molar-refractivity contribution < 1.29 is 26.9 Å². The second kappa shape index (κ2) is 12.3. The van der Waals surface area contributed by atoms with Crippen LogP contribution in [-0.2, 0) is 27.2 Å². The fourth-order valence-electron chi connectivity index (χ4n) is 4.14. The number of halogens is 3. The van der Waals surface area contributed by atoms with E-state index in [-0.39, 0.29) is 12.8 Å². The van der Waals surface area contributed by atoms with Gasteiger partial charge in [-0.05, 0) is 77.1 Å². The van der Waals surface area contributed by atoms with E-state index in [9.17, 15) is 17.4 Å². The molecule has 7 nitrogen and oxygen atoms in total. The van der Waals surface area contributed by atoms with Crippen molar-refractivity contribution in [2.75, 3.05) is 6.61 Å². The second-order valence-corrected chi connectivity index (χ2v) is 20.5. The highest BCUT2D eigenvalue weighted by molar-refractivity contribution is 7.84. The number of imidazole rings is 1. The van der Waals surface area contributed by atoms with E-state index >= 15 is 0 Å². The first-order chi connectivity index (χ1) is 17.9. The lowest BCUT2D eigenvalue weighted by Gasteiger charge is -2.30. The predicted molar refractivity (Wildman–Crippen MR) is 153 cm³/mol. The van der Waals surface area contributed by atoms with Crippen molar-refractivity contribution in [3.8, 4) is 0 Å². The van der Waals surface area contributed by atoms with Gasteiger partial charge in [0.25, 0.3) is 0 Å². The molecule has 3 rings (SSSR count). The molecule has 1 fully saturated rings. The molecule has 0 aliphatic heterocycles. The van der Waals surface area contributed by atoms with Crippen LogP contribution in [-0.4, -0.2) is 51.6 Å². The Morgan fingerprint density at radius 1 is 1.21 bits per heavy atom. The van der Waals surface area contributed by atoms with Gasteiger partial charge in [-0.1, -0.05) is 25.7 Å². The van der Waals surface area contributed by atoms with E-state index in [1.54, 1.807) is 27.7 Å². The first-order valence-electron chi connectivity index (χ1n) is 13.6. The van der Waals surface area contributed by atoms with Crippen LogP contribution in [0.25, 0.3) is 11.0 Å². The largest absolute Gasteiger partial charge is 0.414 e. The summed E-state index contributed by atoms with van der Waals surface area (Å²) in [5.74, 6) is 0.865. The molecule has 1 aliphatic carbocycles. The van der Waals surface area contributed by atoms with E-state index in [4.69, 9.17) is 20.2 Å². The van der Waals surface area contributed by atoms with Crippen molar-refractivity contribution in [1.82, 2.24) is 14.3 Å². The van der Waals surface area contributed by atoms with E-state index in [1.807, 2.05) is 22.8 Å². The van der Waals surface area contributed by atoms with Crippen molar-refractivity contribution in [3.63, 3.8) is 0 Å². The minimum Gasteiger partial charge on any atom is -0.364 e. The number of rotatable bonds is 13. The lowest BCUT2D eigenvalue weighted by molar-refractivity contribution is -0.227. The van der Waals surface area contributed by atoms with Crippen molar-refractivity contribution in [1.29, 1.82) is 0 Å². The standard InChI is InChI=1S/C27H45F3N4O3SSi/c1-17(37-18(2)27(28,29)30)24(33-38(35)26(3,4)5)25-32-21-15-20(23(31)19-9-10-19)11-12-22(21)34(25)16-36-13-14-39(6,7)8/h11-12,15,17-19,23-24,33H,9-10,13-14,16,31H2,1-8H3/t17-,18-,23-,24+,38-/m1/s1. The van der Waals surface area contributed by atoms with Gasteiger partial charge in [-0.15, -0.1) is 0 Å². The molecule has 1 aromatic heterocycles. The Labute approximate surface area is 234 Å². The van der Waals surface area contributed by atoms with Gasteiger partial charge in [-0.2, -0.15) is 13.2 Å². The minimum absolute atomic E-state index is 0.0896. The molecule has 1 heterocycles. The zero-order valence-electron chi connectivity index (χ0n) is 24.4. The molecule has 222 valence electrons. The maximum Gasteiger partial charge on any atom is 0.414 e. The number of hydrogen-bond acceptors (Lipinski definition) is 5. The predicted octanol–water partition coefficient (Wildman–Crippen LogP) is 6.21. The van der Waals surface area contributed by atoms with Crippen LogP contribution in [0.5, 0.6) is 0 Å². The lowest BCUT2D eigenvalue weighted by atomic mass is 10.0. The van der Waals surface area contributed by atoms with E-state index in [0.29, 0.717) is 23.9 Å². The van der Waals surface area contributed by atoms with Crippen LogP contribution < -0.4 is 10.5 Å². The molecule has 1 saturated carbocycles. The molecule has 0 unspecified atom stereocenters. The Morgan fingerprint density at radius 2 is 1.85 bits per heavy atom. The summed E-state index contributed by atoms with van der Waals surface area (Å²) < 4.78 is 69.2. The number of alkyl halides is 3. The molecule has 0 radical (unpaired) electrons. The number of nitrogens with one attached hydrogen (secondary N) is 1. The van der Waals surface area contributed by atoms with Crippen molar-refractivity contribution in [2.24, 2.45) is 11.7 Å². The maximum absolute atomic E-state index is 13.4. The monoisotopic (exact) mass is 590 g/mol. The van der Waals surface area contributed by atoms with E-state index in [0.717, 1.165) is 36.9 Å². The Kier molecular flexibility index (Phi) is 10.1. The van der Waals surface area contributed by atoms with E-state index in [2.05, 4.69) is 24.4 Å². The summed E-state index contributed by atoms with van der Waals surface area (Å²) in [6.07, 6.45) is -5.34. The van der Waals surface area contributed by atoms with Gasteiger partial charge < -0.3 is 19.8 Å². The highest BCUT2D eigenvalue weighted by Crippen LogP contribution is 2.40. The summed E-state index contributed by atoms with van der Waals surface area (Å²) in [5.41, 5.74) is 8.86. The summed E-state index contributed by atoms with van der Waals surface area (Å²) in [5, 5.41) is 0. The van der Waals surface area contributed by atoms with Crippen LogP contribution in [0.1, 0.15) is 70.9 Å². The molecule has 0 saturated heterocycles. The summed E-state index contributed by atoms with van der Waals surface area (Å²) in [6, 6.07) is 5.84. The third kappa shape index (κ3) is 8.83.